The van der Waals surface area contributed by atoms with Crippen LogP contribution in [0.3, 0.4) is 0 Å². The summed E-state index contributed by atoms with van der Waals surface area (Å²) in [6, 6.07) is 2.74. The fourth-order valence-electron chi connectivity index (χ4n) is 1.78. The first-order valence-corrected chi connectivity index (χ1v) is 6.33. The summed E-state index contributed by atoms with van der Waals surface area (Å²) in [5.74, 6) is 0. The van der Waals surface area contributed by atoms with Gasteiger partial charge in [-0.15, -0.1) is 0 Å². The third kappa shape index (κ3) is 1.59. The van der Waals surface area contributed by atoms with Gasteiger partial charge in [0.15, 0.2) is 0 Å². The molecule has 0 amide bonds. The Hall–Kier alpha value is 0.137. The smallest absolute Gasteiger partial charge is 0.0623 e. The van der Waals surface area contributed by atoms with Crippen LogP contribution >= 0.6 is 0 Å². The predicted molar refractivity (Wildman–Crippen MR) is 47.9 cm³/mol. The standard InChI is InChI=1S/C7H18N2Si/c1-7(2)9-4-6-10(7)5-3-8/h9-10H,3-6,8H2,1-2H3. The van der Waals surface area contributed by atoms with Crippen molar-refractivity contribution in [2.24, 2.45) is 5.73 Å². The summed E-state index contributed by atoms with van der Waals surface area (Å²) in [6.45, 7) is 6.77. The maximum Gasteiger partial charge on any atom is 0.0623 e. The van der Waals surface area contributed by atoms with Crippen LogP contribution in [-0.2, 0) is 0 Å². The lowest BCUT2D eigenvalue weighted by atomic mass is 10.4. The van der Waals surface area contributed by atoms with E-state index in [-0.39, 0.29) is 0 Å². The maximum atomic E-state index is 5.54. The van der Waals surface area contributed by atoms with Crippen molar-refractivity contribution in [1.82, 2.24) is 5.32 Å². The van der Waals surface area contributed by atoms with Gasteiger partial charge in [-0.3, -0.25) is 0 Å². The molecule has 10 heavy (non-hydrogen) atoms. The van der Waals surface area contributed by atoms with Gasteiger partial charge in [0.2, 0.25) is 0 Å². The Morgan fingerprint density at radius 3 is 2.70 bits per heavy atom. The van der Waals surface area contributed by atoms with Gasteiger partial charge < -0.3 is 11.1 Å². The van der Waals surface area contributed by atoms with Gasteiger partial charge in [-0.1, -0.05) is 13.8 Å². The summed E-state index contributed by atoms with van der Waals surface area (Å²) >= 11 is 0. The van der Waals surface area contributed by atoms with Crippen molar-refractivity contribution < 1.29 is 0 Å². The molecular weight excluding hydrogens is 140 g/mol. The van der Waals surface area contributed by atoms with Gasteiger partial charge in [0.05, 0.1) is 8.80 Å². The van der Waals surface area contributed by atoms with E-state index < -0.39 is 8.80 Å². The summed E-state index contributed by atoms with van der Waals surface area (Å²) in [6.07, 6.45) is 0. The van der Waals surface area contributed by atoms with E-state index in [1.165, 1.54) is 18.6 Å². The van der Waals surface area contributed by atoms with Crippen LogP contribution in [0.4, 0.5) is 0 Å². The minimum atomic E-state index is -0.526. The highest BCUT2D eigenvalue weighted by Gasteiger charge is 2.34. The Kier molecular flexibility index (Phi) is 2.49. The van der Waals surface area contributed by atoms with Gasteiger partial charge in [0.1, 0.15) is 0 Å². The molecule has 1 saturated heterocycles. The molecule has 1 fully saturated rings. The maximum absolute atomic E-state index is 5.54. The molecular formula is C7H18N2Si. The molecule has 1 atom stereocenters. The second-order valence-electron chi connectivity index (χ2n) is 3.71. The summed E-state index contributed by atoms with van der Waals surface area (Å²) in [4.78, 5) is 0. The van der Waals surface area contributed by atoms with Crippen LogP contribution in [0.2, 0.25) is 12.1 Å². The minimum Gasteiger partial charge on any atom is -0.331 e. The van der Waals surface area contributed by atoms with E-state index in [0.29, 0.717) is 5.16 Å². The third-order valence-electron chi connectivity index (χ3n) is 2.61. The molecule has 3 heteroatoms. The van der Waals surface area contributed by atoms with Crippen LogP contribution in [0.15, 0.2) is 0 Å². The average molecular weight is 158 g/mol. The van der Waals surface area contributed by atoms with Gasteiger partial charge in [0.25, 0.3) is 0 Å². The van der Waals surface area contributed by atoms with Crippen molar-refractivity contribution in [2.45, 2.75) is 31.1 Å². The Bertz CT molecular complexity index is 114. The predicted octanol–water partition coefficient (Wildman–Crippen LogP) is 0.0932. The first-order valence-electron chi connectivity index (χ1n) is 4.12. The fraction of sp³-hybridized carbons (Fsp3) is 1.00. The molecule has 0 aliphatic carbocycles. The SMILES string of the molecule is CC1(C)NCC[SiH]1CCN. The monoisotopic (exact) mass is 158 g/mol. The average Bonchev–Trinajstić information content (AvgIpc) is 2.13. The van der Waals surface area contributed by atoms with E-state index in [0.717, 1.165) is 6.54 Å². The van der Waals surface area contributed by atoms with E-state index in [9.17, 15) is 0 Å². The van der Waals surface area contributed by atoms with Crippen LogP contribution < -0.4 is 11.1 Å². The van der Waals surface area contributed by atoms with Crippen molar-refractivity contribution >= 4 is 8.80 Å². The van der Waals surface area contributed by atoms with Crippen molar-refractivity contribution in [2.75, 3.05) is 13.1 Å². The lowest BCUT2D eigenvalue weighted by Crippen LogP contribution is -2.45. The molecule has 0 aromatic rings. The number of hydrogen-bond donors (Lipinski definition) is 2. The molecule has 1 heterocycles. The Morgan fingerprint density at radius 2 is 2.30 bits per heavy atom. The number of nitrogens with one attached hydrogen (secondary N) is 1. The highest BCUT2D eigenvalue weighted by molar-refractivity contribution is 6.63. The topological polar surface area (TPSA) is 38.0 Å². The molecule has 0 aromatic heterocycles. The zero-order chi connectivity index (χ0) is 7.61. The summed E-state index contributed by atoms with van der Waals surface area (Å²) < 4.78 is 0. The van der Waals surface area contributed by atoms with E-state index in [1.54, 1.807) is 0 Å². The fourth-order valence-corrected chi connectivity index (χ4v) is 4.84. The first kappa shape index (κ1) is 8.24. The van der Waals surface area contributed by atoms with Gasteiger partial charge >= 0.3 is 0 Å². The molecule has 0 bridgehead atoms. The molecule has 2 nitrogen and oxygen atoms in total. The van der Waals surface area contributed by atoms with Crippen molar-refractivity contribution in [1.29, 1.82) is 0 Å². The van der Waals surface area contributed by atoms with Crippen LogP contribution in [0.1, 0.15) is 13.8 Å². The van der Waals surface area contributed by atoms with Crippen LogP contribution in [0.5, 0.6) is 0 Å². The molecule has 1 aliphatic heterocycles. The van der Waals surface area contributed by atoms with Crippen LogP contribution in [0, 0.1) is 0 Å². The lowest BCUT2D eigenvalue weighted by molar-refractivity contribution is 0.573. The second kappa shape index (κ2) is 3.03. The number of nitrogens with two attached hydrogens (primary N) is 1. The summed E-state index contributed by atoms with van der Waals surface area (Å²) in [5, 5.41) is 4.01. The molecule has 0 saturated carbocycles. The number of rotatable bonds is 2. The minimum absolute atomic E-state index is 0.472. The quantitative estimate of drug-likeness (QED) is 0.559. The third-order valence-corrected chi connectivity index (χ3v) is 6.87. The van der Waals surface area contributed by atoms with Gasteiger partial charge in [-0.25, -0.2) is 0 Å². The number of hydrogen-bond acceptors (Lipinski definition) is 2. The van der Waals surface area contributed by atoms with Gasteiger partial charge in [0, 0.05) is 5.16 Å². The Labute approximate surface area is 64.8 Å². The zero-order valence-electron chi connectivity index (χ0n) is 6.98. The Morgan fingerprint density at radius 1 is 1.60 bits per heavy atom. The first-order chi connectivity index (χ1) is 4.67. The molecule has 1 aliphatic rings. The summed E-state index contributed by atoms with van der Waals surface area (Å²) in [5.41, 5.74) is 5.54. The van der Waals surface area contributed by atoms with Crippen LogP contribution in [-0.4, -0.2) is 27.0 Å². The molecule has 0 spiro atoms. The lowest BCUT2D eigenvalue weighted by Gasteiger charge is -2.25. The van der Waals surface area contributed by atoms with E-state index in [4.69, 9.17) is 5.73 Å². The van der Waals surface area contributed by atoms with E-state index in [1.807, 2.05) is 0 Å². The largest absolute Gasteiger partial charge is 0.331 e. The molecule has 1 unspecified atom stereocenters. The van der Waals surface area contributed by atoms with Gasteiger partial charge in [-0.2, -0.15) is 0 Å². The second-order valence-corrected chi connectivity index (χ2v) is 7.70. The molecule has 3 N–H and O–H groups in total. The highest BCUT2D eigenvalue weighted by atomic mass is 28.3. The zero-order valence-corrected chi connectivity index (χ0v) is 8.14. The molecule has 0 radical (unpaired) electrons. The van der Waals surface area contributed by atoms with E-state index >= 15 is 0 Å². The van der Waals surface area contributed by atoms with Crippen molar-refractivity contribution in [3.05, 3.63) is 0 Å². The van der Waals surface area contributed by atoms with Crippen molar-refractivity contribution in [3.63, 3.8) is 0 Å². The molecule has 1 rings (SSSR count). The van der Waals surface area contributed by atoms with Crippen LogP contribution in [0.25, 0.3) is 0 Å². The van der Waals surface area contributed by atoms with E-state index in [2.05, 4.69) is 19.2 Å². The Balaban J connectivity index is 2.43. The van der Waals surface area contributed by atoms with Crippen molar-refractivity contribution in [3.8, 4) is 0 Å². The normalized spacial score (nSPS) is 30.9. The summed E-state index contributed by atoms with van der Waals surface area (Å²) in [7, 11) is -0.526. The van der Waals surface area contributed by atoms with Gasteiger partial charge in [-0.05, 0) is 25.2 Å². The highest BCUT2D eigenvalue weighted by Crippen LogP contribution is 2.20. The molecule has 60 valence electrons. The molecule has 0 aromatic carbocycles.